The lowest BCUT2D eigenvalue weighted by Crippen LogP contribution is -2.53. The second kappa shape index (κ2) is 7.32. The smallest absolute Gasteiger partial charge is 0.242 e. The lowest BCUT2D eigenvalue weighted by atomic mass is 9.96. The van der Waals surface area contributed by atoms with E-state index in [2.05, 4.69) is 5.32 Å². The minimum absolute atomic E-state index is 0.0217. The van der Waals surface area contributed by atoms with Gasteiger partial charge in [0, 0.05) is 30.6 Å². The first kappa shape index (κ1) is 16.3. The molecule has 6 heteroatoms. The Morgan fingerprint density at radius 1 is 1.17 bits per heavy atom. The Bertz CT molecular complexity index is 570. The molecule has 2 aliphatic heterocycles. The lowest BCUT2D eigenvalue weighted by molar-refractivity contribution is -0.148. The Hall–Kier alpha value is -1.59. The van der Waals surface area contributed by atoms with Gasteiger partial charge in [-0.15, -0.1) is 0 Å². The van der Waals surface area contributed by atoms with Crippen LogP contribution < -0.4 is 5.32 Å². The maximum Gasteiger partial charge on any atom is 0.242 e. The summed E-state index contributed by atoms with van der Waals surface area (Å²) in [5.74, 6) is 0.242. The number of nitrogens with one attached hydrogen (secondary N) is 1. The highest BCUT2D eigenvalue weighted by atomic mass is 35.5. The first-order valence-corrected chi connectivity index (χ1v) is 8.53. The van der Waals surface area contributed by atoms with Crippen LogP contribution in [0.4, 0.5) is 0 Å². The van der Waals surface area contributed by atoms with Crippen molar-refractivity contribution in [1.29, 1.82) is 0 Å². The molecule has 5 nitrogen and oxygen atoms in total. The zero-order valence-electron chi connectivity index (χ0n) is 13.1. The molecule has 3 rings (SSSR count). The monoisotopic (exact) mass is 335 g/mol. The third-order valence-electron chi connectivity index (χ3n) is 4.61. The highest BCUT2D eigenvalue weighted by molar-refractivity contribution is 6.30. The molecule has 1 N–H and O–H groups in total. The molecule has 0 unspecified atom stereocenters. The van der Waals surface area contributed by atoms with Gasteiger partial charge in [-0.1, -0.05) is 23.7 Å². The van der Waals surface area contributed by atoms with Crippen LogP contribution in [0.1, 0.15) is 18.4 Å². The average Bonchev–Trinajstić information content (AvgIpc) is 2.59. The van der Waals surface area contributed by atoms with Gasteiger partial charge in [-0.25, -0.2) is 0 Å². The number of piperazine rings is 1. The molecule has 2 fully saturated rings. The molecule has 1 aromatic carbocycles. The first-order valence-electron chi connectivity index (χ1n) is 8.15. The molecule has 0 spiro atoms. The van der Waals surface area contributed by atoms with Crippen LogP contribution in [0.3, 0.4) is 0 Å². The van der Waals surface area contributed by atoms with Crippen molar-refractivity contribution in [3.8, 4) is 0 Å². The van der Waals surface area contributed by atoms with Crippen molar-refractivity contribution in [1.82, 2.24) is 15.1 Å². The molecular weight excluding hydrogens is 314 g/mol. The molecule has 1 aromatic rings. The van der Waals surface area contributed by atoms with E-state index in [-0.39, 0.29) is 24.3 Å². The van der Waals surface area contributed by atoms with Gasteiger partial charge in [0.25, 0.3) is 0 Å². The van der Waals surface area contributed by atoms with E-state index in [9.17, 15) is 9.59 Å². The highest BCUT2D eigenvalue weighted by Gasteiger charge is 2.31. The van der Waals surface area contributed by atoms with Crippen LogP contribution in [0.15, 0.2) is 24.3 Å². The molecule has 2 heterocycles. The van der Waals surface area contributed by atoms with Gasteiger partial charge in [0.1, 0.15) is 0 Å². The fourth-order valence-corrected chi connectivity index (χ4v) is 3.33. The number of piperidine rings is 1. The van der Waals surface area contributed by atoms with E-state index in [1.54, 1.807) is 4.90 Å². The molecule has 2 amide bonds. The molecule has 0 aliphatic carbocycles. The molecule has 0 aromatic heterocycles. The second-order valence-corrected chi connectivity index (χ2v) is 6.66. The summed E-state index contributed by atoms with van der Waals surface area (Å²) < 4.78 is 0. The predicted molar refractivity (Wildman–Crippen MR) is 89.0 cm³/mol. The summed E-state index contributed by atoms with van der Waals surface area (Å²) in [6.45, 7) is 3.78. The van der Waals surface area contributed by atoms with E-state index in [4.69, 9.17) is 11.6 Å². The van der Waals surface area contributed by atoms with Crippen LogP contribution in [-0.4, -0.2) is 54.3 Å². The Kier molecular flexibility index (Phi) is 5.18. The Balaban J connectivity index is 1.55. The van der Waals surface area contributed by atoms with E-state index in [1.165, 1.54) is 0 Å². The molecule has 0 radical (unpaired) electrons. The van der Waals surface area contributed by atoms with Crippen LogP contribution in [0.2, 0.25) is 5.02 Å². The molecule has 2 aliphatic rings. The molecule has 0 atom stereocenters. The quantitative estimate of drug-likeness (QED) is 0.911. The van der Waals surface area contributed by atoms with Gasteiger partial charge in [-0.05, 0) is 43.6 Å². The predicted octanol–water partition coefficient (Wildman–Crippen LogP) is 1.51. The van der Waals surface area contributed by atoms with E-state index in [1.807, 2.05) is 29.2 Å². The lowest BCUT2D eigenvalue weighted by Gasteiger charge is -2.36. The highest BCUT2D eigenvalue weighted by Crippen LogP contribution is 2.18. The third kappa shape index (κ3) is 4.03. The van der Waals surface area contributed by atoms with Crippen molar-refractivity contribution in [2.45, 2.75) is 19.4 Å². The third-order valence-corrected chi connectivity index (χ3v) is 4.86. The summed E-state index contributed by atoms with van der Waals surface area (Å²) >= 11 is 5.88. The SMILES string of the molecule is O=C1CN(C(=O)C2CCNCC2)CCN1Cc1ccc(Cl)cc1. The van der Waals surface area contributed by atoms with Crippen LogP contribution >= 0.6 is 11.6 Å². The van der Waals surface area contributed by atoms with Gasteiger partial charge in [0.05, 0.1) is 6.54 Å². The van der Waals surface area contributed by atoms with Crippen molar-refractivity contribution >= 4 is 23.4 Å². The second-order valence-electron chi connectivity index (χ2n) is 6.23. The number of carbonyl (C=O) groups is 2. The molecule has 0 saturated carbocycles. The van der Waals surface area contributed by atoms with Crippen LogP contribution in [0, 0.1) is 5.92 Å². The molecule has 124 valence electrons. The molecular formula is C17H22ClN3O2. The number of rotatable bonds is 3. The fraction of sp³-hybridized carbons (Fsp3) is 0.529. The Morgan fingerprint density at radius 2 is 1.87 bits per heavy atom. The number of halogens is 1. The topological polar surface area (TPSA) is 52.7 Å². The van der Waals surface area contributed by atoms with Gasteiger partial charge < -0.3 is 15.1 Å². The van der Waals surface area contributed by atoms with Gasteiger partial charge in [0.2, 0.25) is 11.8 Å². The van der Waals surface area contributed by atoms with Crippen molar-refractivity contribution in [3.05, 3.63) is 34.9 Å². The molecule has 0 bridgehead atoms. The number of benzene rings is 1. The van der Waals surface area contributed by atoms with Crippen LogP contribution in [0.5, 0.6) is 0 Å². The number of hydrogen-bond donors (Lipinski definition) is 1. The number of carbonyl (C=O) groups excluding carboxylic acids is 2. The van der Waals surface area contributed by atoms with Gasteiger partial charge in [-0.2, -0.15) is 0 Å². The fourth-order valence-electron chi connectivity index (χ4n) is 3.20. The number of hydrogen-bond acceptors (Lipinski definition) is 3. The van der Waals surface area contributed by atoms with Crippen molar-refractivity contribution in [2.24, 2.45) is 5.92 Å². The van der Waals surface area contributed by atoms with Crippen LogP contribution in [0.25, 0.3) is 0 Å². The summed E-state index contributed by atoms with van der Waals surface area (Å²) in [5, 5.41) is 3.96. The van der Waals surface area contributed by atoms with E-state index in [0.29, 0.717) is 24.7 Å². The van der Waals surface area contributed by atoms with Gasteiger partial charge in [0.15, 0.2) is 0 Å². The zero-order chi connectivity index (χ0) is 16.2. The largest absolute Gasteiger partial charge is 0.335 e. The van der Waals surface area contributed by atoms with Crippen molar-refractivity contribution in [3.63, 3.8) is 0 Å². The average molecular weight is 336 g/mol. The summed E-state index contributed by atoms with van der Waals surface area (Å²) in [5.41, 5.74) is 1.06. The number of amides is 2. The van der Waals surface area contributed by atoms with Gasteiger partial charge >= 0.3 is 0 Å². The molecule has 23 heavy (non-hydrogen) atoms. The minimum Gasteiger partial charge on any atom is -0.335 e. The normalized spacial score (nSPS) is 20.0. The number of nitrogens with zero attached hydrogens (tertiary/aromatic N) is 2. The standard InChI is InChI=1S/C17H22ClN3O2/c18-15-3-1-13(2-4-15)11-20-9-10-21(12-16(20)22)17(23)14-5-7-19-8-6-14/h1-4,14,19H,5-12H2. The van der Waals surface area contributed by atoms with E-state index >= 15 is 0 Å². The minimum atomic E-state index is 0.0217. The van der Waals surface area contributed by atoms with Crippen molar-refractivity contribution < 1.29 is 9.59 Å². The first-order chi connectivity index (χ1) is 11.1. The zero-order valence-corrected chi connectivity index (χ0v) is 13.9. The van der Waals surface area contributed by atoms with E-state index < -0.39 is 0 Å². The summed E-state index contributed by atoms with van der Waals surface area (Å²) in [6.07, 6.45) is 1.75. The Labute approximate surface area is 141 Å². The van der Waals surface area contributed by atoms with Crippen LogP contribution in [-0.2, 0) is 16.1 Å². The summed E-state index contributed by atoms with van der Waals surface area (Å²) in [4.78, 5) is 28.4. The van der Waals surface area contributed by atoms with Gasteiger partial charge in [-0.3, -0.25) is 9.59 Å². The van der Waals surface area contributed by atoms with Crippen molar-refractivity contribution in [2.75, 3.05) is 32.7 Å². The summed E-state index contributed by atoms with van der Waals surface area (Å²) in [6, 6.07) is 7.53. The Morgan fingerprint density at radius 3 is 2.52 bits per heavy atom. The maximum atomic E-state index is 12.5. The molecule has 2 saturated heterocycles. The van der Waals surface area contributed by atoms with E-state index in [0.717, 1.165) is 31.5 Å². The summed E-state index contributed by atoms with van der Waals surface area (Å²) in [7, 11) is 0. The maximum absolute atomic E-state index is 12.5.